The van der Waals surface area contributed by atoms with E-state index in [2.05, 4.69) is 9.97 Å². The van der Waals surface area contributed by atoms with Crippen LogP contribution in [0.4, 0.5) is 10.3 Å². The van der Waals surface area contributed by atoms with Gasteiger partial charge in [-0.1, -0.05) is 6.07 Å². The second-order valence-electron chi connectivity index (χ2n) is 6.40. The summed E-state index contributed by atoms with van der Waals surface area (Å²) in [4.78, 5) is 10.8. The Morgan fingerprint density at radius 3 is 2.76 bits per heavy atom. The van der Waals surface area contributed by atoms with Gasteiger partial charge in [0.25, 0.3) is 0 Å². The number of halogens is 1. The van der Waals surface area contributed by atoms with Gasteiger partial charge in [-0.15, -0.1) is 0 Å². The van der Waals surface area contributed by atoms with Crippen LogP contribution >= 0.6 is 0 Å². The Bertz CT molecular complexity index is 723. The van der Waals surface area contributed by atoms with Crippen LogP contribution in [0.15, 0.2) is 30.3 Å². The summed E-state index contributed by atoms with van der Waals surface area (Å²) in [7, 11) is 0. The predicted molar refractivity (Wildman–Crippen MR) is 91.4 cm³/mol. The van der Waals surface area contributed by atoms with Gasteiger partial charge in [-0.05, 0) is 32.0 Å². The number of nitrogens with zero attached hydrogens (tertiary/aromatic N) is 3. The summed E-state index contributed by atoms with van der Waals surface area (Å²) < 4.78 is 24.4. The van der Waals surface area contributed by atoms with Crippen LogP contribution in [-0.2, 0) is 4.74 Å². The minimum absolute atomic E-state index is 0.0161. The number of hydrogen-bond donors (Lipinski definition) is 1. The van der Waals surface area contributed by atoms with Gasteiger partial charge < -0.3 is 19.5 Å². The summed E-state index contributed by atoms with van der Waals surface area (Å²) in [6.45, 7) is 5.23. The summed E-state index contributed by atoms with van der Waals surface area (Å²) in [5, 5.41) is 10.9. The van der Waals surface area contributed by atoms with Gasteiger partial charge in [0.2, 0.25) is 5.95 Å². The SMILES string of the molecule is Cc1cc(C)nc(N2CCOC[C@](O)(COc3cccc(F)c3)C2)n1. The molecule has 1 aromatic carbocycles. The Morgan fingerprint density at radius 1 is 1.28 bits per heavy atom. The largest absolute Gasteiger partial charge is 0.490 e. The van der Waals surface area contributed by atoms with Crippen LogP contribution in [0, 0.1) is 19.7 Å². The van der Waals surface area contributed by atoms with Crippen molar-refractivity contribution in [2.75, 3.05) is 37.8 Å². The van der Waals surface area contributed by atoms with E-state index in [1.165, 1.54) is 12.1 Å². The molecule has 0 saturated carbocycles. The number of aliphatic hydroxyl groups is 1. The molecule has 0 aliphatic carbocycles. The van der Waals surface area contributed by atoms with Gasteiger partial charge in [-0.2, -0.15) is 0 Å². The predicted octanol–water partition coefficient (Wildman–Crippen LogP) is 1.88. The van der Waals surface area contributed by atoms with E-state index in [1.54, 1.807) is 12.1 Å². The molecule has 0 unspecified atom stereocenters. The van der Waals surface area contributed by atoms with Crippen LogP contribution < -0.4 is 9.64 Å². The maximum atomic E-state index is 13.3. The lowest BCUT2D eigenvalue weighted by Crippen LogP contribution is -2.49. The molecule has 0 bridgehead atoms. The van der Waals surface area contributed by atoms with Crippen molar-refractivity contribution in [3.63, 3.8) is 0 Å². The number of benzene rings is 1. The molecule has 0 radical (unpaired) electrons. The molecule has 1 aliphatic rings. The molecule has 1 saturated heterocycles. The van der Waals surface area contributed by atoms with Crippen LogP contribution in [0.3, 0.4) is 0 Å². The molecule has 1 N–H and O–H groups in total. The van der Waals surface area contributed by atoms with E-state index >= 15 is 0 Å². The number of rotatable bonds is 4. The Labute approximate surface area is 146 Å². The molecule has 1 fully saturated rings. The van der Waals surface area contributed by atoms with E-state index in [-0.39, 0.29) is 25.6 Å². The first-order valence-corrected chi connectivity index (χ1v) is 8.19. The third kappa shape index (κ3) is 4.64. The summed E-state index contributed by atoms with van der Waals surface area (Å²) in [5.74, 6) is 0.547. The molecule has 134 valence electrons. The number of ether oxygens (including phenoxy) is 2. The van der Waals surface area contributed by atoms with E-state index < -0.39 is 5.60 Å². The van der Waals surface area contributed by atoms with Crippen LogP contribution in [-0.4, -0.2) is 53.6 Å². The van der Waals surface area contributed by atoms with Crippen LogP contribution in [0.5, 0.6) is 5.75 Å². The average molecular weight is 347 g/mol. The van der Waals surface area contributed by atoms with Gasteiger partial charge >= 0.3 is 0 Å². The molecule has 1 aromatic heterocycles. The second-order valence-corrected chi connectivity index (χ2v) is 6.40. The lowest BCUT2D eigenvalue weighted by molar-refractivity contribution is -0.0537. The lowest BCUT2D eigenvalue weighted by Gasteiger charge is -2.30. The van der Waals surface area contributed by atoms with Crippen molar-refractivity contribution in [3.05, 3.63) is 47.5 Å². The Morgan fingerprint density at radius 2 is 2.04 bits per heavy atom. The van der Waals surface area contributed by atoms with Crippen molar-refractivity contribution in [3.8, 4) is 5.75 Å². The Balaban J connectivity index is 1.73. The molecule has 6 nitrogen and oxygen atoms in total. The van der Waals surface area contributed by atoms with Crippen LogP contribution in [0.2, 0.25) is 0 Å². The molecule has 25 heavy (non-hydrogen) atoms. The quantitative estimate of drug-likeness (QED) is 0.911. The van der Waals surface area contributed by atoms with Crippen LogP contribution in [0.25, 0.3) is 0 Å². The molecule has 2 heterocycles. The number of β-amino-alcohol motifs (C(OH)–C–C–N with tert-alkyl or cyclic N) is 1. The molecule has 0 amide bonds. The average Bonchev–Trinajstić information content (AvgIpc) is 2.75. The first kappa shape index (κ1) is 17.6. The van der Waals surface area contributed by atoms with E-state index in [0.717, 1.165) is 11.4 Å². The van der Waals surface area contributed by atoms with E-state index in [0.29, 0.717) is 24.8 Å². The molecule has 2 aromatic rings. The fourth-order valence-corrected chi connectivity index (χ4v) is 2.80. The highest BCUT2D eigenvalue weighted by Gasteiger charge is 2.34. The van der Waals surface area contributed by atoms with E-state index in [9.17, 15) is 9.50 Å². The number of aromatic nitrogens is 2. The smallest absolute Gasteiger partial charge is 0.225 e. The maximum Gasteiger partial charge on any atom is 0.225 e. The van der Waals surface area contributed by atoms with Crippen molar-refractivity contribution < 1.29 is 19.0 Å². The van der Waals surface area contributed by atoms with Gasteiger partial charge in [-0.3, -0.25) is 0 Å². The van der Waals surface area contributed by atoms with Gasteiger partial charge in [0.1, 0.15) is 23.8 Å². The normalized spacial score (nSPS) is 21.0. The van der Waals surface area contributed by atoms with Gasteiger partial charge in [0.15, 0.2) is 0 Å². The van der Waals surface area contributed by atoms with Crippen molar-refractivity contribution in [2.24, 2.45) is 0 Å². The summed E-state index contributed by atoms with van der Waals surface area (Å²) in [5.41, 5.74) is 0.489. The minimum Gasteiger partial charge on any atom is -0.490 e. The first-order chi connectivity index (χ1) is 11.9. The Hall–Kier alpha value is -2.25. The van der Waals surface area contributed by atoms with Crippen molar-refractivity contribution in [2.45, 2.75) is 19.4 Å². The fraction of sp³-hybridized carbons (Fsp3) is 0.444. The van der Waals surface area contributed by atoms with Gasteiger partial charge in [0.05, 0.1) is 19.8 Å². The topological polar surface area (TPSA) is 67.7 Å². The summed E-state index contributed by atoms with van der Waals surface area (Å²) >= 11 is 0. The third-order valence-electron chi connectivity index (χ3n) is 3.92. The van der Waals surface area contributed by atoms with Crippen molar-refractivity contribution in [1.82, 2.24) is 9.97 Å². The second kappa shape index (κ2) is 7.33. The highest BCUT2D eigenvalue weighted by Crippen LogP contribution is 2.20. The standard InChI is InChI=1S/C18H22FN3O3/c1-13-8-14(2)21-17(20-13)22-6-7-24-11-18(23,10-22)12-25-16-5-3-4-15(19)9-16/h3-5,8-9,23H,6-7,10-12H2,1-2H3/t18-/m0/s1. The monoisotopic (exact) mass is 347 g/mol. The molecule has 3 rings (SSSR count). The van der Waals surface area contributed by atoms with Crippen molar-refractivity contribution >= 4 is 5.95 Å². The number of aryl methyl sites for hydroxylation is 2. The third-order valence-corrected chi connectivity index (χ3v) is 3.92. The molecule has 1 aliphatic heterocycles. The molecule has 0 spiro atoms. The summed E-state index contributed by atoms with van der Waals surface area (Å²) in [6.07, 6.45) is 0. The van der Waals surface area contributed by atoms with Crippen LogP contribution in [0.1, 0.15) is 11.4 Å². The highest BCUT2D eigenvalue weighted by atomic mass is 19.1. The van der Waals surface area contributed by atoms with Crippen molar-refractivity contribution in [1.29, 1.82) is 0 Å². The van der Waals surface area contributed by atoms with E-state index in [4.69, 9.17) is 9.47 Å². The highest BCUT2D eigenvalue weighted by molar-refractivity contribution is 5.33. The zero-order valence-corrected chi connectivity index (χ0v) is 14.4. The fourth-order valence-electron chi connectivity index (χ4n) is 2.80. The zero-order chi connectivity index (χ0) is 17.9. The van der Waals surface area contributed by atoms with E-state index in [1.807, 2.05) is 24.8 Å². The first-order valence-electron chi connectivity index (χ1n) is 8.19. The molecular weight excluding hydrogens is 325 g/mol. The number of hydrogen-bond acceptors (Lipinski definition) is 6. The minimum atomic E-state index is -1.25. The van der Waals surface area contributed by atoms with Gasteiger partial charge in [0, 0.05) is 24.0 Å². The molecule has 1 atom stereocenters. The summed E-state index contributed by atoms with van der Waals surface area (Å²) in [6, 6.07) is 7.74. The maximum absolute atomic E-state index is 13.3. The zero-order valence-electron chi connectivity index (χ0n) is 14.4. The number of anilines is 1. The lowest BCUT2D eigenvalue weighted by atomic mass is 10.1. The van der Waals surface area contributed by atoms with Gasteiger partial charge in [-0.25, -0.2) is 14.4 Å². The molecular formula is C18H22FN3O3. The molecule has 7 heteroatoms. The Kier molecular flexibility index (Phi) is 5.15.